The molecule has 1 N–H and O–H groups in total. The van der Waals surface area contributed by atoms with Crippen LogP contribution in [0.15, 0.2) is 41.2 Å². The number of hydrogen-bond acceptors (Lipinski definition) is 3. The number of ether oxygens (including phenoxy) is 1. The van der Waals surface area contributed by atoms with Gasteiger partial charge in [-0.3, -0.25) is 0 Å². The first-order valence-corrected chi connectivity index (χ1v) is 6.01. The smallest absolute Gasteiger partial charge is 0.119 e. The van der Waals surface area contributed by atoms with Crippen molar-refractivity contribution in [1.82, 2.24) is 0 Å². The van der Waals surface area contributed by atoms with Gasteiger partial charge in [0.05, 0.1) is 19.6 Å². The zero-order chi connectivity index (χ0) is 13.1. The van der Waals surface area contributed by atoms with E-state index in [2.05, 4.69) is 13.8 Å². The van der Waals surface area contributed by atoms with E-state index in [1.807, 2.05) is 18.2 Å². The monoisotopic (exact) mass is 246 g/mol. The van der Waals surface area contributed by atoms with Gasteiger partial charge in [-0.15, -0.1) is 0 Å². The van der Waals surface area contributed by atoms with Gasteiger partial charge in [0.15, 0.2) is 0 Å². The summed E-state index contributed by atoms with van der Waals surface area (Å²) in [5.41, 5.74) is 2.74. The van der Waals surface area contributed by atoms with Crippen molar-refractivity contribution in [1.29, 1.82) is 0 Å². The predicted molar refractivity (Wildman–Crippen MR) is 69.9 cm³/mol. The Bertz CT molecular complexity index is 500. The summed E-state index contributed by atoms with van der Waals surface area (Å²) in [7, 11) is 1.62. The number of benzene rings is 1. The number of furan rings is 1. The zero-order valence-electron chi connectivity index (χ0n) is 10.9. The second-order valence-electron chi connectivity index (χ2n) is 4.61. The van der Waals surface area contributed by atoms with Crippen LogP contribution in [-0.4, -0.2) is 12.2 Å². The summed E-state index contributed by atoms with van der Waals surface area (Å²) < 4.78 is 10.2. The molecular weight excluding hydrogens is 228 g/mol. The number of methoxy groups -OCH3 is 1. The SMILES string of the molecule is COc1ccc(C(C)C)c(C(O)c2ccoc2)c1. The molecule has 0 fully saturated rings. The summed E-state index contributed by atoms with van der Waals surface area (Å²) in [5, 5.41) is 10.4. The highest BCUT2D eigenvalue weighted by Gasteiger charge is 2.18. The summed E-state index contributed by atoms with van der Waals surface area (Å²) in [6, 6.07) is 7.57. The van der Waals surface area contributed by atoms with E-state index in [4.69, 9.17) is 9.15 Å². The first kappa shape index (κ1) is 12.7. The van der Waals surface area contributed by atoms with E-state index >= 15 is 0 Å². The highest BCUT2D eigenvalue weighted by atomic mass is 16.5. The highest BCUT2D eigenvalue weighted by molar-refractivity contribution is 5.41. The molecule has 0 aliphatic heterocycles. The summed E-state index contributed by atoms with van der Waals surface area (Å²) >= 11 is 0. The third kappa shape index (κ3) is 2.41. The Labute approximate surface area is 107 Å². The zero-order valence-corrected chi connectivity index (χ0v) is 10.9. The van der Waals surface area contributed by atoms with Gasteiger partial charge >= 0.3 is 0 Å². The summed E-state index contributed by atoms with van der Waals surface area (Å²) in [6.07, 6.45) is 2.44. The van der Waals surface area contributed by atoms with Gasteiger partial charge < -0.3 is 14.3 Å². The Morgan fingerprint density at radius 1 is 1.17 bits per heavy atom. The average Bonchev–Trinajstić information content (AvgIpc) is 2.90. The van der Waals surface area contributed by atoms with Crippen molar-refractivity contribution < 1.29 is 14.3 Å². The maximum absolute atomic E-state index is 10.4. The first-order valence-electron chi connectivity index (χ1n) is 6.01. The quantitative estimate of drug-likeness (QED) is 0.897. The molecule has 1 unspecified atom stereocenters. The third-order valence-electron chi connectivity index (χ3n) is 3.07. The van der Waals surface area contributed by atoms with E-state index in [9.17, 15) is 5.11 Å². The molecule has 2 rings (SSSR count). The van der Waals surface area contributed by atoms with Gasteiger partial charge in [-0.05, 0) is 35.2 Å². The van der Waals surface area contributed by atoms with Gasteiger partial charge in [0.1, 0.15) is 11.9 Å². The van der Waals surface area contributed by atoms with Crippen LogP contribution in [0.3, 0.4) is 0 Å². The van der Waals surface area contributed by atoms with Crippen LogP contribution in [0, 0.1) is 0 Å². The van der Waals surface area contributed by atoms with Crippen molar-refractivity contribution in [2.75, 3.05) is 7.11 Å². The van der Waals surface area contributed by atoms with Crippen molar-refractivity contribution in [3.05, 3.63) is 53.5 Å². The van der Waals surface area contributed by atoms with Crippen LogP contribution in [0.4, 0.5) is 0 Å². The summed E-state index contributed by atoms with van der Waals surface area (Å²) in [4.78, 5) is 0. The van der Waals surface area contributed by atoms with E-state index in [-0.39, 0.29) is 0 Å². The van der Waals surface area contributed by atoms with Gasteiger partial charge in [0.25, 0.3) is 0 Å². The summed E-state index contributed by atoms with van der Waals surface area (Å²) in [5.74, 6) is 1.09. The summed E-state index contributed by atoms with van der Waals surface area (Å²) in [6.45, 7) is 4.21. The Morgan fingerprint density at radius 3 is 2.50 bits per heavy atom. The molecule has 0 bridgehead atoms. The molecule has 1 aromatic carbocycles. The van der Waals surface area contributed by atoms with E-state index in [1.54, 1.807) is 25.7 Å². The lowest BCUT2D eigenvalue weighted by Gasteiger charge is -2.18. The molecule has 1 heterocycles. The topological polar surface area (TPSA) is 42.6 Å². The Hall–Kier alpha value is -1.74. The number of aliphatic hydroxyl groups excluding tert-OH is 1. The number of hydrogen-bond donors (Lipinski definition) is 1. The number of aliphatic hydroxyl groups is 1. The van der Waals surface area contributed by atoms with E-state index < -0.39 is 6.10 Å². The van der Waals surface area contributed by atoms with Crippen LogP contribution in [0.1, 0.15) is 42.6 Å². The van der Waals surface area contributed by atoms with Crippen molar-refractivity contribution >= 4 is 0 Å². The minimum absolute atomic E-state index is 0.340. The molecule has 0 saturated heterocycles. The van der Waals surface area contributed by atoms with Crippen LogP contribution in [0.2, 0.25) is 0 Å². The Kier molecular flexibility index (Phi) is 3.72. The predicted octanol–water partition coefficient (Wildman–Crippen LogP) is 3.49. The molecule has 3 heteroatoms. The molecule has 0 radical (unpaired) electrons. The normalized spacial score (nSPS) is 12.7. The lowest BCUT2D eigenvalue weighted by atomic mass is 9.91. The van der Waals surface area contributed by atoms with Crippen molar-refractivity contribution in [2.45, 2.75) is 25.9 Å². The van der Waals surface area contributed by atoms with Gasteiger partial charge in [-0.2, -0.15) is 0 Å². The fourth-order valence-corrected chi connectivity index (χ4v) is 2.05. The minimum atomic E-state index is -0.684. The van der Waals surface area contributed by atoms with Crippen LogP contribution in [0.25, 0.3) is 0 Å². The highest BCUT2D eigenvalue weighted by Crippen LogP contribution is 2.32. The third-order valence-corrected chi connectivity index (χ3v) is 3.07. The van der Waals surface area contributed by atoms with E-state index in [1.165, 1.54) is 0 Å². The maximum atomic E-state index is 10.4. The molecular formula is C15H18O3. The van der Waals surface area contributed by atoms with Crippen molar-refractivity contribution in [3.8, 4) is 5.75 Å². The van der Waals surface area contributed by atoms with Crippen LogP contribution in [-0.2, 0) is 0 Å². The largest absolute Gasteiger partial charge is 0.497 e. The van der Waals surface area contributed by atoms with Gasteiger partial charge in [0, 0.05) is 5.56 Å². The standard InChI is InChI=1S/C15H18O3/c1-10(2)13-5-4-12(17-3)8-14(13)15(16)11-6-7-18-9-11/h4-10,15-16H,1-3H3. The van der Waals surface area contributed by atoms with Crippen molar-refractivity contribution in [3.63, 3.8) is 0 Å². The molecule has 1 atom stereocenters. The Balaban J connectivity index is 2.46. The average molecular weight is 246 g/mol. The molecule has 0 aliphatic carbocycles. The lowest BCUT2D eigenvalue weighted by Crippen LogP contribution is -2.04. The number of rotatable bonds is 4. The fourth-order valence-electron chi connectivity index (χ4n) is 2.05. The Morgan fingerprint density at radius 2 is 1.94 bits per heavy atom. The first-order chi connectivity index (χ1) is 8.63. The maximum Gasteiger partial charge on any atom is 0.119 e. The molecule has 3 nitrogen and oxygen atoms in total. The molecule has 0 amide bonds. The molecule has 0 saturated carbocycles. The van der Waals surface area contributed by atoms with Crippen molar-refractivity contribution in [2.24, 2.45) is 0 Å². The molecule has 18 heavy (non-hydrogen) atoms. The minimum Gasteiger partial charge on any atom is -0.497 e. The fraction of sp³-hybridized carbons (Fsp3) is 0.333. The lowest BCUT2D eigenvalue weighted by molar-refractivity contribution is 0.217. The second kappa shape index (κ2) is 5.27. The van der Waals surface area contributed by atoms with Gasteiger partial charge in [-0.1, -0.05) is 19.9 Å². The van der Waals surface area contributed by atoms with Crippen LogP contribution >= 0.6 is 0 Å². The molecule has 96 valence electrons. The van der Waals surface area contributed by atoms with Gasteiger partial charge in [0.2, 0.25) is 0 Å². The second-order valence-corrected chi connectivity index (χ2v) is 4.61. The molecule has 0 spiro atoms. The van der Waals surface area contributed by atoms with E-state index in [0.717, 1.165) is 22.4 Å². The molecule has 2 aromatic rings. The molecule has 1 aromatic heterocycles. The van der Waals surface area contributed by atoms with Crippen LogP contribution in [0.5, 0.6) is 5.75 Å². The van der Waals surface area contributed by atoms with Crippen LogP contribution < -0.4 is 4.74 Å². The van der Waals surface area contributed by atoms with E-state index in [0.29, 0.717) is 5.92 Å². The van der Waals surface area contributed by atoms with Gasteiger partial charge in [-0.25, -0.2) is 0 Å². The molecule has 0 aliphatic rings.